The molecule has 27 heavy (non-hydrogen) atoms. The van der Waals surface area contributed by atoms with Crippen LogP contribution >= 0.6 is 0 Å². The molecule has 0 aliphatic carbocycles. The van der Waals surface area contributed by atoms with Crippen molar-refractivity contribution in [1.82, 2.24) is 5.32 Å². The van der Waals surface area contributed by atoms with E-state index in [0.717, 1.165) is 11.1 Å². The van der Waals surface area contributed by atoms with Crippen molar-refractivity contribution in [2.75, 3.05) is 12.4 Å². The Bertz CT molecular complexity index is 866. The first kappa shape index (κ1) is 21.1. The van der Waals surface area contributed by atoms with Gasteiger partial charge in [0.2, 0.25) is 5.91 Å². The van der Waals surface area contributed by atoms with Gasteiger partial charge < -0.3 is 10.4 Å². The molecule has 0 spiro atoms. The molecule has 1 atom stereocenters. The van der Waals surface area contributed by atoms with Crippen molar-refractivity contribution in [3.05, 3.63) is 65.5 Å². The lowest BCUT2D eigenvalue weighted by atomic mass is 9.97. The molecule has 0 aromatic heterocycles. The fraction of sp³-hybridized carbons (Fsp3) is 0.350. The highest BCUT2D eigenvalue weighted by Crippen LogP contribution is 2.14. The van der Waals surface area contributed by atoms with E-state index >= 15 is 0 Å². The zero-order valence-corrected chi connectivity index (χ0v) is 16.0. The van der Waals surface area contributed by atoms with Gasteiger partial charge in [-0.15, -0.1) is 0 Å². The van der Waals surface area contributed by atoms with E-state index in [-0.39, 0.29) is 28.3 Å². The number of rotatable bonds is 9. The third-order valence-electron chi connectivity index (χ3n) is 4.14. The number of aliphatic hydroxyl groups is 1. The van der Waals surface area contributed by atoms with Gasteiger partial charge in [-0.3, -0.25) is 4.79 Å². The highest BCUT2D eigenvalue weighted by molar-refractivity contribution is 7.91. The van der Waals surface area contributed by atoms with Gasteiger partial charge in [0.05, 0.1) is 17.3 Å². The second-order valence-corrected chi connectivity index (χ2v) is 8.72. The van der Waals surface area contributed by atoms with Crippen LogP contribution in [0.3, 0.4) is 0 Å². The molecule has 0 unspecified atom stereocenters. The SMILES string of the molecule is C[C@@H](CC(=O)NCc1ccc(S(=O)(=O)CCO)cc1)Cc1cccc(F)c1. The molecule has 0 aliphatic rings. The Morgan fingerprint density at radius 3 is 2.48 bits per heavy atom. The van der Waals surface area contributed by atoms with E-state index in [1.807, 2.05) is 13.0 Å². The Balaban J connectivity index is 1.83. The fourth-order valence-electron chi connectivity index (χ4n) is 2.78. The van der Waals surface area contributed by atoms with Gasteiger partial charge in [-0.2, -0.15) is 0 Å². The van der Waals surface area contributed by atoms with Gasteiger partial charge in [0.1, 0.15) is 5.82 Å². The predicted molar refractivity (Wildman–Crippen MR) is 101 cm³/mol. The maximum absolute atomic E-state index is 13.2. The third kappa shape index (κ3) is 6.77. The molecule has 0 aliphatic heterocycles. The Hall–Kier alpha value is -2.25. The molecule has 2 aromatic rings. The number of halogens is 1. The van der Waals surface area contributed by atoms with E-state index in [9.17, 15) is 17.6 Å². The van der Waals surface area contributed by atoms with Gasteiger partial charge in [0.15, 0.2) is 9.84 Å². The number of hydrogen-bond acceptors (Lipinski definition) is 4. The molecule has 2 aromatic carbocycles. The second kappa shape index (κ2) is 9.62. The van der Waals surface area contributed by atoms with E-state index in [2.05, 4.69) is 5.32 Å². The molecule has 0 heterocycles. The smallest absolute Gasteiger partial charge is 0.220 e. The van der Waals surface area contributed by atoms with Gasteiger partial charge in [-0.05, 0) is 47.7 Å². The quantitative estimate of drug-likeness (QED) is 0.686. The van der Waals surface area contributed by atoms with Crippen LogP contribution in [0.1, 0.15) is 24.5 Å². The van der Waals surface area contributed by atoms with E-state index < -0.39 is 16.4 Å². The van der Waals surface area contributed by atoms with Crippen LogP contribution in [0.2, 0.25) is 0 Å². The number of hydrogen-bond donors (Lipinski definition) is 2. The molecular weight excluding hydrogens is 369 g/mol. The third-order valence-corrected chi connectivity index (χ3v) is 5.85. The number of nitrogens with one attached hydrogen (secondary N) is 1. The molecule has 0 saturated carbocycles. The monoisotopic (exact) mass is 393 g/mol. The summed E-state index contributed by atoms with van der Waals surface area (Å²) in [6, 6.07) is 12.6. The lowest BCUT2D eigenvalue weighted by Crippen LogP contribution is -2.25. The topological polar surface area (TPSA) is 83.5 Å². The number of carbonyl (C=O) groups excluding carboxylic acids is 1. The second-order valence-electron chi connectivity index (χ2n) is 6.61. The molecule has 1 amide bonds. The average molecular weight is 393 g/mol. The van der Waals surface area contributed by atoms with E-state index in [1.54, 1.807) is 18.2 Å². The first-order chi connectivity index (χ1) is 12.8. The Kier molecular flexibility index (Phi) is 7.50. The van der Waals surface area contributed by atoms with E-state index in [0.29, 0.717) is 19.4 Å². The number of carbonyl (C=O) groups is 1. The molecule has 5 nitrogen and oxygen atoms in total. The van der Waals surface area contributed by atoms with Crippen molar-refractivity contribution in [2.45, 2.75) is 31.2 Å². The lowest BCUT2D eigenvalue weighted by Gasteiger charge is -2.12. The predicted octanol–water partition coefficient (Wildman–Crippen LogP) is 2.48. The van der Waals surface area contributed by atoms with Gasteiger partial charge in [0.25, 0.3) is 0 Å². The molecular formula is C20H24FNO4S. The first-order valence-corrected chi connectivity index (χ1v) is 10.4. The van der Waals surface area contributed by atoms with Crippen LogP contribution in [0.5, 0.6) is 0 Å². The molecule has 146 valence electrons. The summed E-state index contributed by atoms with van der Waals surface area (Å²) in [6.45, 7) is 1.81. The minimum Gasteiger partial charge on any atom is -0.395 e. The molecule has 7 heteroatoms. The van der Waals surface area contributed by atoms with Crippen molar-refractivity contribution in [3.8, 4) is 0 Å². The van der Waals surface area contributed by atoms with Crippen molar-refractivity contribution in [1.29, 1.82) is 0 Å². The molecule has 0 saturated heterocycles. The minimum atomic E-state index is -3.47. The summed E-state index contributed by atoms with van der Waals surface area (Å²) in [5.41, 5.74) is 1.64. The number of sulfone groups is 1. The molecule has 0 bridgehead atoms. The summed E-state index contributed by atoms with van der Waals surface area (Å²) in [4.78, 5) is 12.2. The highest BCUT2D eigenvalue weighted by Gasteiger charge is 2.14. The van der Waals surface area contributed by atoms with Crippen LogP contribution in [0, 0.1) is 11.7 Å². The van der Waals surface area contributed by atoms with Crippen LogP contribution in [0.25, 0.3) is 0 Å². The number of amides is 1. The van der Waals surface area contributed by atoms with Gasteiger partial charge in [0, 0.05) is 13.0 Å². The summed E-state index contributed by atoms with van der Waals surface area (Å²) < 4.78 is 36.9. The molecule has 2 N–H and O–H groups in total. The van der Waals surface area contributed by atoms with Crippen molar-refractivity contribution in [3.63, 3.8) is 0 Å². The maximum atomic E-state index is 13.2. The summed E-state index contributed by atoms with van der Waals surface area (Å²) >= 11 is 0. The summed E-state index contributed by atoms with van der Waals surface area (Å²) in [5, 5.41) is 11.6. The van der Waals surface area contributed by atoms with Gasteiger partial charge in [-0.25, -0.2) is 12.8 Å². The first-order valence-electron chi connectivity index (χ1n) is 8.74. The van der Waals surface area contributed by atoms with Gasteiger partial charge in [-0.1, -0.05) is 31.2 Å². The number of aliphatic hydroxyl groups excluding tert-OH is 1. The summed E-state index contributed by atoms with van der Waals surface area (Å²) in [5.74, 6) is -0.644. The Morgan fingerprint density at radius 1 is 1.15 bits per heavy atom. The van der Waals surface area contributed by atoms with Crippen molar-refractivity contribution < 1.29 is 22.7 Å². The van der Waals surface area contributed by atoms with Crippen molar-refractivity contribution in [2.24, 2.45) is 5.92 Å². The number of benzene rings is 2. The van der Waals surface area contributed by atoms with E-state index in [1.165, 1.54) is 24.3 Å². The van der Waals surface area contributed by atoms with E-state index in [4.69, 9.17) is 5.11 Å². The van der Waals surface area contributed by atoms with Gasteiger partial charge >= 0.3 is 0 Å². The minimum absolute atomic E-state index is 0.0674. The average Bonchev–Trinajstić information content (AvgIpc) is 2.60. The zero-order chi connectivity index (χ0) is 19.9. The van der Waals surface area contributed by atoms with Crippen LogP contribution in [-0.2, 0) is 27.6 Å². The standard InChI is InChI=1S/C20H24FNO4S/c1-15(11-17-3-2-4-18(21)13-17)12-20(24)22-14-16-5-7-19(8-6-16)27(25,26)10-9-23/h2-8,13,15,23H,9-12,14H2,1H3,(H,22,24)/t15-/m1/s1. The normalized spacial score (nSPS) is 12.6. The maximum Gasteiger partial charge on any atom is 0.220 e. The molecule has 2 rings (SSSR count). The largest absolute Gasteiger partial charge is 0.395 e. The van der Waals surface area contributed by atoms with Crippen LogP contribution in [-0.4, -0.2) is 31.8 Å². The zero-order valence-electron chi connectivity index (χ0n) is 15.2. The lowest BCUT2D eigenvalue weighted by molar-refractivity contribution is -0.122. The summed E-state index contributed by atoms with van der Waals surface area (Å²) in [7, 11) is -3.47. The fourth-order valence-corrected chi connectivity index (χ4v) is 3.81. The Morgan fingerprint density at radius 2 is 1.85 bits per heavy atom. The molecule has 0 radical (unpaired) electrons. The van der Waals surface area contributed by atoms with Crippen molar-refractivity contribution >= 4 is 15.7 Å². The highest BCUT2D eigenvalue weighted by atomic mass is 32.2. The molecule has 0 fully saturated rings. The van der Waals surface area contributed by atoms with Crippen LogP contribution in [0.15, 0.2) is 53.4 Å². The Labute approximate surface area is 159 Å². The van der Waals surface area contributed by atoms with Crippen LogP contribution < -0.4 is 5.32 Å². The summed E-state index contributed by atoms with van der Waals surface area (Å²) in [6.07, 6.45) is 0.933. The van der Waals surface area contributed by atoms with Crippen LogP contribution in [0.4, 0.5) is 4.39 Å².